The fourth-order valence-corrected chi connectivity index (χ4v) is 10.1. The van der Waals surface area contributed by atoms with Crippen LogP contribution in [0.2, 0.25) is 0 Å². The molecule has 322 valence electrons. The maximum absolute atomic E-state index is 2.62. The molecule has 0 heterocycles. The molecule has 6 aromatic carbocycles. The average molecular weight is 820 g/mol. The van der Waals surface area contributed by atoms with Gasteiger partial charge in [-0.3, -0.25) is 0 Å². The second kappa shape index (κ2) is 15.7. The lowest BCUT2D eigenvalue weighted by Crippen LogP contribution is -2.19. The predicted molar refractivity (Wildman–Crippen MR) is 270 cm³/mol. The predicted octanol–water partition coefficient (Wildman–Crippen LogP) is 18.0. The number of nitrogens with zero attached hydrogens (tertiary/aromatic N) is 1. The summed E-state index contributed by atoms with van der Waals surface area (Å²) in [6, 6.07) is 47.9. The molecule has 6 aromatic rings. The van der Waals surface area contributed by atoms with Gasteiger partial charge in [0.15, 0.2) is 0 Å². The molecule has 0 bridgehead atoms. The summed E-state index contributed by atoms with van der Waals surface area (Å²) in [5.41, 5.74) is 21.2. The van der Waals surface area contributed by atoms with Crippen LogP contribution in [0.3, 0.4) is 0 Å². The zero-order valence-electron chi connectivity index (χ0n) is 40.6. The van der Waals surface area contributed by atoms with Crippen molar-refractivity contribution in [2.45, 2.75) is 162 Å². The highest BCUT2D eigenvalue weighted by Crippen LogP contribution is 2.52. The fraction of sp³-hybridized carbons (Fsp3) is 0.410. The van der Waals surface area contributed by atoms with Gasteiger partial charge in [-0.15, -0.1) is 0 Å². The molecular formula is C61H73N. The molecule has 0 radical (unpaired) electrons. The van der Waals surface area contributed by atoms with Gasteiger partial charge in [0.2, 0.25) is 0 Å². The Hall–Kier alpha value is -4.88. The third kappa shape index (κ3) is 8.46. The van der Waals surface area contributed by atoms with Crippen LogP contribution in [0.25, 0.3) is 33.4 Å². The molecule has 1 fully saturated rings. The van der Waals surface area contributed by atoms with Crippen LogP contribution in [0, 0.1) is 0 Å². The monoisotopic (exact) mass is 820 g/mol. The lowest BCUT2D eigenvalue weighted by molar-refractivity contribution is 0.444. The van der Waals surface area contributed by atoms with Gasteiger partial charge in [-0.25, -0.2) is 0 Å². The number of para-hydroxylation sites is 1. The number of hydrogen-bond donors (Lipinski definition) is 0. The first kappa shape index (κ1) is 43.8. The van der Waals surface area contributed by atoms with Gasteiger partial charge in [0, 0.05) is 22.5 Å². The summed E-state index contributed by atoms with van der Waals surface area (Å²) in [5.74, 6) is 0.552. The summed E-state index contributed by atoms with van der Waals surface area (Å²) in [6.45, 7) is 33.0. The molecule has 0 aromatic heterocycles. The highest BCUT2D eigenvalue weighted by molar-refractivity contribution is 5.88. The van der Waals surface area contributed by atoms with Crippen LogP contribution < -0.4 is 4.90 Å². The molecule has 62 heavy (non-hydrogen) atoms. The molecule has 8 rings (SSSR count). The van der Waals surface area contributed by atoms with E-state index in [0.717, 1.165) is 0 Å². The Morgan fingerprint density at radius 2 is 0.887 bits per heavy atom. The topological polar surface area (TPSA) is 3.24 Å². The SMILES string of the molecule is CC(C)(C)c1cc(-c2cc(N(c3ccc4c(c3)C(C)(C)c3ccccc3-4)c3ccccc3C3CCCCC3)cc(C(C)(C)C)c2)cc(-c2cc(C(C)(C)C)cc(C(C)(C)C)c2)c1. The van der Waals surface area contributed by atoms with Gasteiger partial charge in [-0.05, 0) is 149 Å². The van der Waals surface area contributed by atoms with E-state index in [-0.39, 0.29) is 27.1 Å². The molecule has 0 aliphatic heterocycles. The second-order valence-electron chi connectivity index (χ2n) is 23.5. The molecule has 1 nitrogen and oxygen atoms in total. The van der Waals surface area contributed by atoms with Crippen molar-refractivity contribution in [1.29, 1.82) is 0 Å². The first-order valence-electron chi connectivity index (χ1n) is 23.6. The first-order valence-corrected chi connectivity index (χ1v) is 23.6. The number of hydrogen-bond acceptors (Lipinski definition) is 1. The van der Waals surface area contributed by atoms with Gasteiger partial charge in [0.05, 0.1) is 0 Å². The van der Waals surface area contributed by atoms with Gasteiger partial charge in [-0.1, -0.05) is 201 Å². The largest absolute Gasteiger partial charge is 0.310 e. The number of rotatable bonds is 6. The Morgan fingerprint density at radius 3 is 1.47 bits per heavy atom. The Labute approximate surface area is 376 Å². The molecule has 2 aliphatic rings. The summed E-state index contributed by atoms with van der Waals surface area (Å²) < 4.78 is 0. The molecule has 0 atom stereocenters. The fourth-order valence-electron chi connectivity index (χ4n) is 10.1. The van der Waals surface area contributed by atoms with Gasteiger partial charge in [0.1, 0.15) is 0 Å². The van der Waals surface area contributed by atoms with E-state index in [1.807, 2.05) is 0 Å². The number of benzene rings is 6. The molecule has 0 unspecified atom stereocenters. The molecule has 0 N–H and O–H groups in total. The van der Waals surface area contributed by atoms with Crippen LogP contribution in [0.1, 0.15) is 174 Å². The molecule has 0 saturated heterocycles. The third-order valence-corrected chi connectivity index (χ3v) is 14.2. The summed E-state index contributed by atoms with van der Waals surface area (Å²) in [7, 11) is 0. The van der Waals surface area contributed by atoms with Crippen LogP contribution in [0.5, 0.6) is 0 Å². The van der Waals surface area contributed by atoms with Gasteiger partial charge in [-0.2, -0.15) is 0 Å². The van der Waals surface area contributed by atoms with Crippen molar-refractivity contribution < 1.29 is 0 Å². The zero-order chi connectivity index (χ0) is 44.6. The van der Waals surface area contributed by atoms with E-state index in [1.54, 1.807) is 0 Å². The summed E-state index contributed by atoms with van der Waals surface area (Å²) >= 11 is 0. The van der Waals surface area contributed by atoms with Crippen LogP contribution >= 0.6 is 0 Å². The van der Waals surface area contributed by atoms with Crippen molar-refractivity contribution in [3.05, 3.63) is 160 Å². The zero-order valence-corrected chi connectivity index (χ0v) is 40.6. The van der Waals surface area contributed by atoms with E-state index >= 15 is 0 Å². The van der Waals surface area contributed by atoms with Crippen molar-refractivity contribution in [1.82, 2.24) is 0 Å². The maximum Gasteiger partial charge on any atom is 0.0496 e. The van der Waals surface area contributed by atoms with E-state index < -0.39 is 0 Å². The lowest BCUT2D eigenvalue weighted by atomic mass is 9.77. The summed E-state index contributed by atoms with van der Waals surface area (Å²) in [6.07, 6.45) is 6.45. The van der Waals surface area contributed by atoms with E-state index in [4.69, 9.17) is 0 Å². The van der Waals surface area contributed by atoms with Gasteiger partial charge in [0.25, 0.3) is 0 Å². The summed E-state index contributed by atoms with van der Waals surface area (Å²) in [5, 5.41) is 0. The summed E-state index contributed by atoms with van der Waals surface area (Å²) in [4.78, 5) is 2.62. The molecule has 2 aliphatic carbocycles. The average Bonchev–Trinajstić information content (AvgIpc) is 3.45. The maximum atomic E-state index is 2.62. The van der Waals surface area contributed by atoms with E-state index in [0.29, 0.717) is 5.92 Å². The van der Waals surface area contributed by atoms with E-state index in [1.165, 1.54) is 121 Å². The molecular weight excluding hydrogens is 747 g/mol. The van der Waals surface area contributed by atoms with Crippen molar-refractivity contribution in [3.63, 3.8) is 0 Å². The van der Waals surface area contributed by atoms with E-state index in [2.05, 4.69) is 223 Å². The molecule has 0 spiro atoms. The van der Waals surface area contributed by atoms with Crippen LogP contribution in [0.15, 0.2) is 121 Å². The minimum absolute atomic E-state index is 0.0311. The van der Waals surface area contributed by atoms with Gasteiger partial charge >= 0.3 is 0 Å². The van der Waals surface area contributed by atoms with Gasteiger partial charge < -0.3 is 4.90 Å². The van der Waals surface area contributed by atoms with Crippen molar-refractivity contribution in [3.8, 4) is 33.4 Å². The highest BCUT2D eigenvalue weighted by Gasteiger charge is 2.36. The number of fused-ring (bicyclic) bond motifs is 3. The first-order chi connectivity index (χ1) is 29.0. The van der Waals surface area contributed by atoms with Crippen LogP contribution in [-0.4, -0.2) is 0 Å². The Kier molecular flexibility index (Phi) is 11.1. The Bertz CT molecular complexity index is 2580. The van der Waals surface area contributed by atoms with Crippen molar-refractivity contribution in [2.24, 2.45) is 0 Å². The standard InChI is InChI=1S/C61H73N/c1-57(2,3)45-31-41(43-33-46(58(4,5)6)37-47(34-43)59(7,8)9)30-42(32-45)44-35-48(60(10,11)12)38-50(36-44)62(56-27-21-19-24-51(56)40-22-16-15-17-23-40)49-28-29-53-52-25-18-20-26-54(52)61(13,14)55(53)39-49/h18-21,24-40H,15-17,22-23H2,1-14H3. The molecule has 1 saturated carbocycles. The van der Waals surface area contributed by atoms with Crippen LogP contribution in [0.4, 0.5) is 17.1 Å². The highest BCUT2D eigenvalue weighted by atomic mass is 15.1. The minimum atomic E-state index is -0.101. The second-order valence-corrected chi connectivity index (χ2v) is 23.5. The lowest BCUT2D eigenvalue weighted by Gasteiger charge is -2.34. The normalized spacial score (nSPS) is 15.6. The number of anilines is 3. The quantitative estimate of drug-likeness (QED) is 0.162. The third-order valence-electron chi connectivity index (χ3n) is 14.2. The molecule has 0 amide bonds. The molecule has 1 heteroatoms. The van der Waals surface area contributed by atoms with Crippen LogP contribution in [-0.2, 0) is 27.1 Å². The smallest absolute Gasteiger partial charge is 0.0496 e. The van der Waals surface area contributed by atoms with Crippen molar-refractivity contribution >= 4 is 17.1 Å². The Morgan fingerprint density at radius 1 is 0.419 bits per heavy atom. The minimum Gasteiger partial charge on any atom is -0.310 e. The van der Waals surface area contributed by atoms with E-state index in [9.17, 15) is 0 Å². The van der Waals surface area contributed by atoms with Crippen molar-refractivity contribution in [2.75, 3.05) is 4.90 Å². The Balaban J connectivity index is 1.39.